The number of halogens is 4. The third kappa shape index (κ3) is 1.80. The summed E-state index contributed by atoms with van der Waals surface area (Å²) in [5.74, 6) is 0. The predicted molar refractivity (Wildman–Crippen MR) is 54.3 cm³/mol. The van der Waals surface area contributed by atoms with E-state index in [2.05, 4.69) is 20.9 Å². The van der Waals surface area contributed by atoms with Gasteiger partial charge in [0.05, 0.1) is 11.3 Å². The molecule has 0 unspecified atom stereocenters. The molecule has 0 fully saturated rings. The summed E-state index contributed by atoms with van der Waals surface area (Å²) in [6.07, 6.45) is -2.49. The molecule has 80 valence electrons. The Balaban J connectivity index is 2.60. The highest BCUT2D eigenvalue weighted by atomic mass is 79.9. The smallest absolute Gasteiger partial charge is 0.259 e. The minimum Gasteiger partial charge on any atom is -0.259 e. The van der Waals surface area contributed by atoms with E-state index in [1.54, 1.807) is 0 Å². The van der Waals surface area contributed by atoms with Crippen LogP contribution in [-0.4, -0.2) is 11.2 Å². The lowest BCUT2D eigenvalue weighted by molar-refractivity contribution is -0.0691. The number of alkyl halides is 3. The van der Waals surface area contributed by atoms with Crippen molar-refractivity contribution in [3.8, 4) is 0 Å². The van der Waals surface area contributed by atoms with Gasteiger partial charge in [-0.25, -0.2) is 0 Å². The van der Waals surface area contributed by atoms with Gasteiger partial charge in [0.2, 0.25) is 0 Å². The highest BCUT2D eigenvalue weighted by Gasteiger charge is 2.40. The highest BCUT2D eigenvalue weighted by Crippen LogP contribution is 2.43. The van der Waals surface area contributed by atoms with E-state index in [4.69, 9.17) is 0 Å². The fourth-order valence-corrected chi connectivity index (χ4v) is 2.12. The Labute approximate surface area is 93.1 Å². The van der Waals surface area contributed by atoms with E-state index in [9.17, 15) is 13.2 Å². The molecule has 1 aromatic rings. The van der Waals surface area contributed by atoms with Crippen LogP contribution in [0.4, 0.5) is 13.2 Å². The number of fused-ring (bicyclic) bond motifs is 1. The molecule has 15 heavy (non-hydrogen) atoms. The van der Waals surface area contributed by atoms with Crippen molar-refractivity contribution in [2.45, 2.75) is 19.5 Å². The lowest BCUT2D eigenvalue weighted by atomic mass is 10.1. The van der Waals surface area contributed by atoms with Crippen molar-refractivity contribution >= 4 is 21.5 Å². The van der Waals surface area contributed by atoms with E-state index in [0.717, 1.165) is 0 Å². The van der Waals surface area contributed by atoms with Gasteiger partial charge in [-0.1, -0.05) is 5.57 Å². The zero-order valence-corrected chi connectivity index (χ0v) is 9.41. The van der Waals surface area contributed by atoms with Crippen LogP contribution in [0, 0.1) is 0 Å². The minimum absolute atomic E-state index is 0.203. The van der Waals surface area contributed by atoms with Crippen molar-refractivity contribution in [2.24, 2.45) is 0 Å². The molecule has 0 spiro atoms. The fourth-order valence-electron chi connectivity index (χ4n) is 1.79. The van der Waals surface area contributed by atoms with Gasteiger partial charge in [0, 0.05) is 22.7 Å². The van der Waals surface area contributed by atoms with Crippen LogP contribution in [0.25, 0.3) is 5.57 Å². The molecule has 0 bridgehead atoms. The largest absolute Gasteiger partial charge is 0.417 e. The Morgan fingerprint density at radius 3 is 2.67 bits per heavy atom. The SMILES string of the molecule is CC1=C(C(F)(F)F)c2cc(Br)cnc2C1. The molecule has 1 aromatic heterocycles. The van der Waals surface area contributed by atoms with Gasteiger partial charge in [-0.05, 0) is 28.9 Å². The monoisotopic (exact) mass is 277 g/mol. The lowest BCUT2D eigenvalue weighted by Gasteiger charge is -2.10. The fraction of sp³-hybridized carbons (Fsp3) is 0.300. The Morgan fingerprint density at radius 2 is 2.07 bits per heavy atom. The average molecular weight is 278 g/mol. The summed E-state index contributed by atoms with van der Waals surface area (Å²) >= 11 is 3.13. The Kier molecular flexibility index (Phi) is 2.37. The third-order valence-electron chi connectivity index (χ3n) is 2.35. The maximum Gasteiger partial charge on any atom is 0.417 e. The Morgan fingerprint density at radius 1 is 1.40 bits per heavy atom. The van der Waals surface area contributed by atoms with Gasteiger partial charge in [0.15, 0.2) is 0 Å². The van der Waals surface area contributed by atoms with Gasteiger partial charge < -0.3 is 0 Å². The maximum atomic E-state index is 12.7. The summed E-state index contributed by atoms with van der Waals surface area (Å²) in [5, 5.41) is 0. The summed E-state index contributed by atoms with van der Waals surface area (Å²) in [6, 6.07) is 1.47. The summed E-state index contributed by atoms with van der Waals surface area (Å²) in [5.41, 5.74) is 0.506. The van der Waals surface area contributed by atoms with E-state index in [0.29, 0.717) is 15.7 Å². The van der Waals surface area contributed by atoms with Crippen LogP contribution in [0.3, 0.4) is 0 Å². The molecule has 1 aliphatic rings. The molecular formula is C10H7BrF3N. The summed E-state index contributed by atoms with van der Waals surface area (Å²) in [7, 11) is 0. The van der Waals surface area contributed by atoms with Crippen molar-refractivity contribution in [3.63, 3.8) is 0 Å². The van der Waals surface area contributed by atoms with Crippen LogP contribution in [0.2, 0.25) is 0 Å². The van der Waals surface area contributed by atoms with E-state index in [1.807, 2.05) is 0 Å². The van der Waals surface area contributed by atoms with E-state index in [1.165, 1.54) is 19.2 Å². The van der Waals surface area contributed by atoms with Crippen LogP contribution >= 0.6 is 15.9 Å². The van der Waals surface area contributed by atoms with Crippen LogP contribution in [0.15, 0.2) is 22.3 Å². The van der Waals surface area contributed by atoms with Crippen LogP contribution in [0.5, 0.6) is 0 Å². The standard InChI is InChI=1S/C10H7BrF3N/c1-5-2-8-7(3-6(11)4-15-8)9(5)10(12,13)14/h3-4H,2H2,1H3. The number of aromatic nitrogens is 1. The molecule has 1 nitrogen and oxygen atoms in total. The maximum absolute atomic E-state index is 12.7. The molecular weight excluding hydrogens is 271 g/mol. The van der Waals surface area contributed by atoms with Gasteiger partial charge in [0.25, 0.3) is 0 Å². The normalized spacial score (nSPS) is 15.8. The summed E-state index contributed by atoms with van der Waals surface area (Å²) in [4.78, 5) is 3.98. The Hall–Kier alpha value is -0.840. The molecule has 1 heterocycles. The van der Waals surface area contributed by atoms with Crippen molar-refractivity contribution in [1.29, 1.82) is 0 Å². The van der Waals surface area contributed by atoms with Gasteiger partial charge in [-0.15, -0.1) is 0 Å². The molecule has 1 aliphatic carbocycles. The zero-order chi connectivity index (χ0) is 11.2. The first-order chi connectivity index (χ1) is 6.89. The third-order valence-corrected chi connectivity index (χ3v) is 2.78. The molecule has 2 rings (SSSR count). The first-order valence-electron chi connectivity index (χ1n) is 4.31. The molecule has 0 saturated carbocycles. The molecule has 0 N–H and O–H groups in total. The zero-order valence-electron chi connectivity index (χ0n) is 7.82. The first-order valence-corrected chi connectivity index (χ1v) is 5.10. The second kappa shape index (κ2) is 3.33. The molecule has 0 saturated heterocycles. The number of rotatable bonds is 0. The number of pyridine rings is 1. The van der Waals surface area contributed by atoms with E-state index < -0.39 is 11.7 Å². The van der Waals surface area contributed by atoms with Gasteiger partial charge in [0.1, 0.15) is 0 Å². The first kappa shape index (κ1) is 10.7. The van der Waals surface area contributed by atoms with Crippen molar-refractivity contribution < 1.29 is 13.2 Å². The number of allylic oxidation sites excluding steroid dienone is 2. The molecule has 5 heteroatoms. The lowest BCUT2D eigenvalue weighted by Crippen LogP contribution is -2.10. The van der Waals surface area contributed by atoms with Crippen molar-refractivity contribution in [1.82, 2.24) is 4.98 Å². The van der Waals surface area contributed by atoms with Crippen LogP contribution in [-0.2, 0) is 6.42 Å². The number of nitrogens with zero attached hydrogens (tertiary/aromatic N) is 1. The summed E-state index contributed by atoms with van der Waals surface area (Å²) in [6.45, 7) is 1.50. The summed E-state index contributed by atoms with van der Waals surface area (Å²) < 4.78 is 38.7. The average Bonchev–Trinajstić information content (AvgIpc) is 2.38. The van der Waals surface area contributed by atoms with Crippen LogP contribution in [0.1, 0.15) is 18.2 Å². The number of hydrogen-bond acceptors (Lipinski definition) is 1. The van der Waals surface area contributed by atoms with Crippen LogP contribution < -0.4 is 0 Å². The molecule has 0 aromatic carbocycles. The van der Waals surface area contributed by atoms with Gasteiger partial charge >= 0.3 is 6.18 Å². The number of hydrogen-bond donors (Lipinski definition) is 0. The topological polar surface area (TPSA) is 12.9 Å². The van der Waals surface area contributed by atoms with Gasteiger partial charge in [-0.2, -0.15) is 13.2 Å². The molecule has 0 radical (unpaired) electrons. The van der Waals surface area contributed by atoms with E-state index in [-0.39, 0.29) is 12.0 Å². The highest BCUT2D eigenvalue weighted by molar-refractivity contribution is 9.10. The van der Waals surface area contributed by atoms with Crippen molar-refractivity contribution in [2.75, 3.05) is 0 Å². The second-order valence-electron chi connectivity index (χ2n) is 3.48. The predicted octanol–water partition coefficient (Wildman–Crippen LogP) is 3.74. The second-order valence-corrected chi connectivity index (χ2v) is 4.39. The molecule has 0 aliphatic heterocycles. The van der Waals surface area contributed by atoms with Crippen molar-refractivity contribution in [3.05, 3.63) is 33.6 Å². The Bertz CT molecular complexity index is 448. The quantitative estimate of drug-likeness (QED) is 0.704. The van der Waals surface area contributed by atoms with Gasteiger partial charge in [-0.3, -0.25) is 4.98 Å². The molecule has 0 atom stereocenters. The van der Waals surface area contributed by atoms with E-state index >= 15 is 0 Å². The molecule has 0 amide bonds. The minimum atomic E-state index is -4.29.